The van der Waals surface area contributed by atoms with Gasteiger partial charge in [-0.2, -0.15) is 0 Å². The molecule has 2 N–H and O–H groups in total. The molecule has 1 aromatic rings. The third kappa shape index (κ3) is 5.84. The van der Waals surface area contributed by atoms with E-state index in [0.717, 1.165) is 38.3 Å². The predicted molar refractivity (Wildman–Crippen MR) is 105 cm³/mol. The number of piperazine rings is 1. The number of hydrogen-bond acceptors (Lipinski definition) is 4. The normalized spacial score (nSPS) is 17.2. The van der Waals surface area contributed by atoms with E-state index in [1.807, 2.05) is 32.9 Å². The molecule has 0 aliphatic carbocycles. The predicted octanol–water partition coefficient (Wildman–Crippen LogP) is 2.73. The molecule has 3 amide bonds. The van der Waals surface area contributed by atoms with E-state index in [1.54, 1.807) is 6.07 Å². The summed E-state index contributed by atoms with van der Waals surface area (Å²) in [5, 5.41) is 6.21. The lowest BCUT2D eigenvalue weighted by atomic mass is 10.1. The molecule has 1 heterocycles. The van der Waals surface area contributed by atoms with Gasteiger partial charge in [-0.15, -0.1) is 0 Å². The Balaban J connectivity index is 1.82. The smallest absolute Gasteiger partial charge is 0.321 e. The first kappa shape index (κ1) is 21.0. The lowest BCUT2D eigenvalue weighted by Crippen LogP contribution is -2.55. The van der Waals surface area contributed by atoms with Crippen LogP contribution in [0.25, 0.3) is 0 Å². The minimum absolute atomic E-state index is 0.0139. The van der Waals surface area contributed by atoms with Gasteiger partial charge in [-0.25, -0.2) is 4.79 Å². The van der Waals surface area contributed by atoms with Gasteiger partial charge in [0, 0.05) is 38.8 Å². The summed E-state index contributed by atoms with van der Waals surface area (Å²) in [6, 6.07) is 4.83. The van der Waals surface area contributed by atoms with Crippen LogP contribution in [0.2, 0.25) is 10.0 Å². The lowest BCUT2D eigenvalue weighted by molar-refractivity contribution is -0.125. The number of nitrogens with one attached hydrogen (secondary N) is 2. The van der Waals surface area contributed by atoms with Crippen molar-refractivity contribution in [2.24, 2.45) is 0 Å². The Bertz CT molecular complexity index is 646. The van der Waals surface area contributed by atoms with Gasteiger partial charge in [-0.05, 0) is 32.4 Å². The van der Waals surface area contributed by atoms with Crippen LogP contribution in [-0.2, 0) is 11.3 Å². The minimum Gasteiger partial charge on any atom is -0.336 e. The number of imide groups is 1. The van der Waals surface area contributed by atoms with Crippen LogP contribution in [-0.4, -0.2) is 60.0 Å². The molecule has 1 aromatic carbocycles. The summed E-state index contributed by atoms with van der Waals surface area (Å²) in [6.45, 7) is 9.37. The molecule has 1 saturated heterocycles. The quantitative estimate of drug-likeness (QED) is 0.797. The number of urea groups is 1. The molecule has 1 aliphatic rings. The van der Waals surface area contributed by atoms with E-state index in [-0.39, 0.29) is 18.0 Å². The zero-order valence-corrected chi connectivity index (χ0v) is 16.9. The van der Waals surface area contributed by atoms with Crippen molar-refractivity contribution < 1.29 is 9.59 Å². The fraction of sp³-hybridized carbons (Fsp3) is 0.556. The second-order valence-electron chi connectivity index (χ2n) is 6.82. The van der Waals surface area contributed by atoms with E-state index in [9.17, 15) is 9.59 Å². The van der Waals surface area contributed by atoms with Crippen LogP contribution in [0.15, 0.2) is 18.2 Å². The number of carbonyl (C=O) groups is 2. The van der Waals surface area contributed by atoms with E-state index in [0.29, 0.717) is 10.0 Å². The van der Waals surface area contributed by atoms with Crippen molar-refractivity contribution in [2.45, 2.75) is 39.4 Å². The first-order chi connectivity index (χ1) is 12.3. The van der Waals surface area contributed by atoms with Crippen molar-refractivity contribution in [3.8, 4) is 0 Å². The molecule has 0 spiro atoms. The minimum atomic E-state index is -0.453. The number of hydrogen-bond donors (Lipinski definition) is 2. The molecule has 0 bridgehead atoms. The zero-order valence-electron chi connectivity index (χ0n) is 15.4. The second kappa shape index (κ2) is 9.55. The van der Waals surface area contributed by atoms with Gasteiger partial charge in [0.15, 0.2) is 0 Å². The van der Waals surface area contributed by atoms with Gasteiger partial charge in [-0.3, -0.25) is 19.9 Å². The highest BCUT2D eigenvalue weighted by molar-refractivity contribution is 6.42. The maximum atomic E-state index is 12.2. The standard InChI is InChI=1S/C18H26Cl2N4O2/c1-12(2)21-18(26)22-17(25)13(3)24-9-7-23(8-10-24)11-14-5-4-6-15(19)16(14)20/h4-6,12-13H,7-11H2,1-3H3,(H2,21,22,25,26). The Morgan fingerprint density at radius 1 is 1.12 bits per heavy atom. The third-order valence-corrected chi connectivity index (χ3v) is 5.27. The van der Waals surface area contributed by atoms with Crippen LogP contribution in [0.1, 0.15) is 26.3 Å². The molecule has 6 nitrogen and oxygen atoms in total. The largest absolute Gasteiger partial charge is 0.336 e. The van der Waals surface area contributed by atoms with Crippen molar-refractivity contribution in [2.75, 3.05) is 26.2 Å². The Kier molecular flexibility index (Phi) is 7.70. The summed E-state index contributed by atoms with van der Waals surface area (Å²) in [4.78, 5) is 28.3. The summed E-state index contributed by atoms with van der Waals surface area (Å²) < 4.78 is 0. The summed E-state index contributed by atoms with van der Waals surface area (Å²) in [5.74, 6) is -0.283. The molecule has 0 aromatic heterocycles. The topological polar surface area (TPSA) is 64.7 Å². The average molecular weight is 401 g/mol. The Morgan fingerprint density at radius 2 is 1.77 bits per heavy atom. The first-order valence-electron chi connectivity index (χ1n) is 8.78. The van der Waals surface area contributed by atoms with Gasteiger partial charge in [0.25, 0.3) is 0 Å². The van der Waals surface area contributed by atoms with Gasteiger partial charge in [0.2, 0.25) is 5.91 Å². The molecule has 0 saturated carbocycles. The summed E-state index contributed by atoms with van der Waals surface area (Å²) in [6.07, 6.45) is 0. The molecular weight excluding hydrogens is 375 g/mol. The number of nitrogens with zero attached hydrogens (tertiary/aromatic N) is 2. The fourth-order valence-corrected chi connectivity index (χ4v) is 3.28. The maximum Gasteiger partial charge on any atom is 0.321 e. The van der Waals surface area contributed by atoms with Gasteiger partial charge in [-0.1, -0.05) is 35.3 Å². The van der Waals surface area contributed by atoms with Gasteiger partial charge >= 0.3 is 6.03 Å². The molecule has 1 unspecified atom stereocenters. The van der Waals surface area contributed by atoms with Crippen molar-refractivity contribution in [1.29, 1.82) is 0 Å². The van der Waals surface area contributed by atoms with Gasteiger partial charge in [0.05, 0.1) is 16.1 Å². The highest BCUT2D eigenvalue weighted by Gasteiger charge is 2.26. The molecule has 1 aliphatic heterocycles. The molecular formula is C18H26Cl2N4O2. The van der Waals surface area contributed by atoms with E-state index >= 15 is 0 Å². The van der Waals surface area contributed by atoms with Crippen LogP contribution in [0, 0.1) is 0 Å². The lowest BCUT2D eigenvalue weighted by Gasteiger charge is -2.37. The maximum absolute atomic E-state index is 12.2. The molecule has 2 rings (SSSR count). The van der Waals surface area contributed by atoms with E-state index < -0.39 is 6.03 Å². The van der Waals surface area contributed by atoms with Crippen LogP contribution in [0.5, 0.6) is 0 Å². The second-order valence-corrected chi connectivity index (χ2v) is 7.60. The summed E-state index contributed by atoms with van der Waals surface area (Å²) in [5.41, 5.74) is 1.00. The van der Waals surface area contributed by atoms with Crippen molar-refractivity contribution >= 4 is 35.1 Å². The molecule has 1 fully saturated rings. The first-order valence-corrected chi connectivity index (χ1v) is 9.54. The fourth-order valence-electron chi connectivity index (χ4n) is 2.90. The molecule has 0 radical (unpaired) electrons. The van der Waals surface area contributed by atoms with E-state index in [1.165, 1.54) is 0 Å². The van der Waals surface area contributed by atoms with Crippen LogP contribution in [0.4, 0.5) is 4.79 Å². The highest BCUT2D eigenvalue weighted by Crippen LogP contribution is 2.26. The highest BCUT2D eigenvalue weighted by atomic mass is 35.5. The molecule has 26 heavy (non-hydrogen) atoms. The monoisotopic (exact) mass is 400 g/mol. The number of amides is 3. The van der Waals surface area contributed by atoms with Crippen LogP contribution < -0.4 is 10.6 Å². The van der Waals surface area contributed by atoms with Gasteiger partial charge < -0.3 is 5.32 Å². The van der Waals surface area contributed by atoms with Crippen molar-refractivity contribution in [1.82, 2.24) is 20.4 Å². The van der Waals surface area contributed by atoms with Crippen molar-refractivity contribution in [3.05, 3.63) is 33.8 Å². The molecule has 144 valence electrons. The van der Waals surface area contributed by atoms with Crippen LogP contribution in [0.3, 0.4) is 0 Å². The number of halogens is 2. The van der Waals surface area contributed by atoms with E-state index in [4.69, 9.17) is 23.2 Å². The van der Waals surface area contributed by atoms with Crippen molar-refractivity contribution in [3.63, 3.8) is 0 Å². The SMILES string of the molecule is CC(C)NC(=O)NC(=O)C(C)N1CCN(Cc2cccc(Cl)c2Cl)CC1. The molecule has 8 heteroatoms. The Morgan fingerprint density at radius 3 is 2.38 bits per heavy atom. The molecule has 1 atom stereocenters. The Labute approximate surface area is 164 Å². The third-order valence-electron chi connectivity index (χ3n) is 4.42. The summed E-state index contributed by atoms with van der Waals surface area (Å²) >= 11 is 12.3. The van der Waals surface area contributed by atoms with Crippen LogP contribution >= 0.6 is 23.2 Å². The van der Waals surface area contributed by atoms with Gasteiger partial charge in [0.1, 0.15) is 0 Å². The number of rotatable bonds is 5. The van der Waals surface area contributed by atoms with E-state index in [2.05, 4.69) is 20.4 Å². The summed E-state index contributed by atoms with van der Waals surface area (Å²) in [7, 11) is 0. The number of carbonyl (C=O) groups excluding carboxylic acids is 2. The Hall–Kier alpha value is -1.34. The number of benzene rings is 1. The zero-order chi connectivity index (χ0) is 19.3. The average Bonchev–Trinajstić information content (AvgIpc) is 2.58.